The van der Waals surface area contributed by atoms with Gasteiger partial charge in [0, 0.05) is 6.92 Å². The lowest BCUT2D eigenvalue weighted by Gasteiger charge is -1.80. The standard InChI is InChI=1S/C4H4BrO2/c1-3(6)4(7)2-5/h1-2H2. The smallest absolute Gasteiger partial charge is 0.208 e. The molecule has 0 aromatic carbocycles. The monoisotopic (exact) mass is 163 g/mol. The van der Waals surface area contributed by atoms with Crippen molar-refractivity contribution in [3.05, 3.63) is 6.92 Å². The van der Waals surface area contributed by atoms with Crippen molar-refractivity contribution in [2.45, 2.75) is 0 Å². The third-order valence-corrected chi connectivity index (χ3v) is 0.942. The Balaban J connectivity index is 3.58. The normalized spacial score (nSPS) is 8.29. The number of carbonyl (C=O) groups is 2. The van der Waals surface area contributed by atoms with E-state index in [1.807, 2.05) is 0 Å². The molecule has 0 saturated carbocycles. The number of hydrogen-bond acceptors (Lipinski definition) is 2. The zero-order valence-electron chi connectivity index (χ0n) is 3.61. The first-order valence-corrected chi connectivity index (χ1v) is 2.75. The lowest BCUT2D eigenvalue weighted by molar-refractivity contribution is -0.132. The maximum absolute atomic E-state index is 10.1. The van der Waals surface area contributed by atoms with Crippen molar-refractivity contribution >= 4 is 27.5 Å². The molecule has 0 saturated heterocycles. The Hall–Kier alpha value is -0.180. The molecular formula is C4H4BrO2. The highest BCUT2D eigenvalue weighted by molar-refractivity contribution is 9.09. The molecule has 0 aliphatic rings. The number of hydrogen-bond donors (Lipinski definition) is 0. The minimum absolute atomic E-state index is 0.0787. The summed E-state index contributed by atoms with van der Waals surface area (Å²) in [5.74, 6) is -1.13. The van der Waals surface area contributed by atoms with Crippen LogP contribution >= 0.6 is 15.9 Å². The summed E-state index contributed by atoms with van der Waals surface area (Å²) in [6.07, 6.45) is 0. The first-order chi connectivity index (χ1) is 3.18. The van der Waals surface area contributed by atoms with E-state index in [4.69, 9.17) is 0 Å². The summed E-state index contributed by atoms with van der Waals surface area (Å²) in [5, 5.41) is 0.0787. The van der Waals surface area contributed by atoms with Gasteiger partial charge in [0.1, 0.15) is 0 Å². The molecule has 0 fully saturated rings. The van der Waals surface area contributed by atoms with Crippen LogP contribution in [0.15, 0.2) is 0 Å². The van der Waals surface area contributed by atoms with Crippen molar-refractivity contribution in [1.82, 2.24) is 0 Å². The van der Waals surface area contributed by atoms with Crippen LogP contribution in [-0.2, 0) is 9.59 Å². The molecule has 1 radical (unpaired) electrons. The van der Waals surface area contributed by atoms with Gasteiger partial charge in [-0.15, -0.1) is 0 Å². The number of rotatable bonds is 2. The van der Waals surface area contributed by atoms with Crippen molar-refractivity contribution < 1.29 is 9.59 Å². The van der Waals surface area contributed by atoms with E-state index < -0.39 is 11.6 Å². The fraction of sp³-hybridized carbons (Fsp3) is 0.250. The second-order valence-electron chi connectivity index (χ2n) is 0.980. The van der Waals surface area contributed by atoms with Gasteiger partial charge >= 0.3 is 0 Å². The van der Waals surface area contributed by atoms with E-state index in [-0.39, 0.29) is 5.33 Å². The van der Waals surface area contributed by atoms with Gasteiger partial charge in [-0.1, -0.05) is 15.9 Å². The van der Waals surface area contributed by atoms with E-state index in [0.717, 1.165) is 0 Å². The zero-order valence-corrected chi connectivity index (χ0v) is 5.19. The highest BCUT2D eigenvalue weighted by Crippen LogP contribution is 1.81. The first kappa shape index (κ1) is 6.82. The maximum atomic E-state index is 10.1. The van der Waals surface area contributed by atoms with Gasteiger partial charge < -0.3 is 0 Å². The predicted molar refractivity (Wildman–Crippen MR) is 29.2 cm³/mol. The minimum Gasteiger partial charge on any atom is -0.291 e. The summed E-state index contributed by atoms with van der Waals surface area (Å²) in [4.78, 5) is 19.9. The SMILES string of the molecule is [CH2]C(=O)C(=O)CBr. The molecule has 0 spiro atoms. The van der Waals surface area contributed by atoms with Gasteiger partial charge in [0.2, 0.25) is 5.78 Å². The summed E-state index contributed by atoms with van der Waals surface area (Å²) in [5.41, 5.74) is 0. The molecule has 0 aromatic rings. The van der Waals surface area contributed by atoms with Crippen LogP contribution in [0, 0.1) is 6.92 Å². The quantitative estimate of drug-likeness (QED) is 0.436. The summed E-state index contributed by atoms with van der Waals surface area (Å²) < 4.78 is 0. The summed E-state index contributed by atoms with van der Waals surface area (Å²) in [7, 11) is 0. The Morgan fingerprint density at radius 2 is 2.00 bits per heavy atom. The molecule has 39 valence electrons. The van der Waals surface area contributed by atoms with Gasteiger partial charge in [0.25, 0.3) is 0 Å². The van der Waals surface area contributed by atoms with E-state index in [0.29, 0.717) is 0 Å². The van der Waals surface area contributed by atoms with Gasteiger partial charge in [-0.3, -0.25) is 9.59 Å². The van der Waals surface area contributed by atoms with Crippen LogP contribution in [0.3, 0.4) is 0 Å². The van der Waals surface area contributed by atoms with E-state index in [1.165, 1.54) is 0 Å². The third kappa shape index (κ3) is 2.51. The number of Topliss-reactive ketones (excluding diaryl/α,β-unsaturated/α-hetero) is 2. The molecular weight excluding hydrogens is 160 g/mol. The van der Waals surface area contributed by atoms with E-state index in [9.17, 15) is 9.59 Å². The number of carbonyl (C=O) groups excluding carboxylic acids is 2. The van der Waals surface area contributed by atoms with Crippen LogP contribution < -0.4 is 0 Å². The molecule has 3 heteroatoms. The summed E-state index contributed by atoms with van der Waals surface area (Å²) in [6.45, 7) is 2.89. The van der Waals surface area contributed by atoms with Crippen molar-refractivity contribution in [1.29, 1.82) is 0 Å². The molecule has 0 heterocycles. The first-order valence-electron chi connectivity index (χ1n) is 1.63. The fourth-order valence-electron chi connectivity index (χ4n) is 0.0745. The average molecular weight is 164 g/mol. The van der Waals surface area contributed by atoms with Crippen LogP contribution in [0.25, 0.3) is 0 Å². The molecule has 0 atom stereocenters. The Labute approximate surface area is 50.0 Å². The molecule has 0 amide bonds. The lowest BCUT2D eigenvalue weighted by atomic mass is 10.3. The highest BCUT2D eigenvalue weighted by Gasteiger charge is 2.02. The lowest BCUT2D eigenvalue weighted by Crippen LogP contribution is -2.09. The van der Waals surface area contributed by atoms with E-state index in [1.54, 1.807) is 0 Å². The second-order valence-corrected chi connectivity index (χ2v) is 1.54. The third-order valence-electron chi connectivity index (χ3n) is 0.432. The van der Waals surface area contributed by atoms with Gasteiger partial charge in [0.05, 0.1) is 5.33 Å². The van der Waals surface area contributed by atoms with Crippen molar-refractivity contribution in [2.75, 3.05) is 5.33 Å². The Kier molecular flexibility index (Phi) is 2.83. The molecule has 7 heavy (non-hydrogen) atoms. The van der Waals surface area contributed by atoms with E-state index in [2.05, 4.69) is 22.9 Å². The summed E-state index contributed by atoms with van der Waals surface area (Å²) in [6, 6.07) is 0. The van der Waals surface area contributed by atoms with Crippen LogP contribution in [-0.4, -0.2) is 16.9 Å². The van der Waals surface area contributed by atoms with Crippen LogP contribution in [0.2, 0.25) is 0 Å². The average Bonchev–Trinajstić information content (AvgIpc) is 1.65. The number of halogens is 1. The highest BCUT2D eigenvalue weighted by atomic mass is 79.9. The number of ketones is 2. The Bertz CT molecular complexity index is 97.9. The zero-order chi connectivity index (χ0) is 5.86. The largest absolute Gasteiger partial charge is 0.291 e. The van der Waals surface area contributed by atoms with Gasteiger partial charge in [-0.05, 0) is 0 Å². The van der Waals surface area contributed by atoms with Gasteiger partial charge in [-0.2, -0.15) is 0 Å². The fourth-order valence-corrected chi connectivity index (χ4v) is 0.387. The molecule has 0 aliphatic heterocycles. The molecule has 0 rings (SSSR count). The van der Waals surface area contributed by atoms with Gasteiger partial charge in [-0.25, -0.2) is 0 Å². The van der Waals surface area contributed by atoms with Crippen LogP contribution in [0.1, 0.15) is 0 Å². The Morgan fingerprint density at radius 3 is 2.00 bits per heavy atom. The second kappa shape index (κ2) is 2.91. The predicted octanol–water partition coefficient (Wildman–Crippen LogP) is 0.354. The molecule has 0 N–H and O–H groups in total. The maximum Gasteiger partial charge on any atom is 0.208 e. The number of alkyl halides is 1. The van der Waals surface area contributed by atoms with Crippen LogP contribution in [0.5, 0.6) is 0 Å². The summed E-state index contributed by atoms with van der Waals surface area (Å²) >= 11 is 2.80. The minimum atomic E-state index is -0.642. The molecule has 0 aromatic heterocycles. The topological polar surface area (TPSA) is 34.1 Å². The van der Waals surface area contributed by atoms with E-state index >= 15 is 0 Å². The molecule has 2 nitrogen and oxygen atoms in total. The van der Waals surface area contributed by atoms with Crippen molar-refractivity contribution in [3.8, 4) is 0 Å². The molecule has 0 unspecified atom stereocenters. The molecule has 0 aliphatic carbocycles. The molecule has 0 bridgehead atoms. The van der Waals surface area contributed by atoms with Crippen molar-refractivity contribution in [3.63, 3.8) is 0 Å². The van der Waals surface area contributed by atoms with Crippen LogP contribution in [0.4, 0.5) is 0 Å². The van der Waals surface area contributed by atoms with Crippen molar-refractivity contribution in [2.24, 2.45) is 0 Å². The van der Waals surface area contributed by atoms with Gasteiger partial charge in [0.15, 0.2) is 5.78 Å². The Morgan fingerprint density at radius 1 is 1.57 bits per heavy atom.